The fourth-order valence-corrected chi connectivity index (χ4v) is 6.06. The monoisotopic (exact) mass is 669 g/mol. The highest BCUT2D eigenvalue weighted by Gasteiger charge is 2.59. The van der Waals surface area contributed by atoms with Crippen LogP contribution in [0.1, 0.15) is 41.0 Å². The van der Waals surface area contributed by atoms with Crippen molar-refractivity contribution in [2.24, 2.45) is 0 Å². The van der Waals surface area contributed by atoms with E-state index < -0.39 is 129 Å². The summed E-state index contributed by atoms with van der Waals surface area (Å²) in [7, 11) is 0. The molecule has 0 spiro atoms. The Hall–Kier alpha value is -1.17. The van der Waals surface area contributed by atoms with Gasteiger partial charge in [-0.05, 0) is 27.2 Å². The summed E-state index contributed by atoms with van der Waals surface area (Å²) >= 11 is 0. The molecule has 0 aromatic rings. The summed E-state index contributed by atoms with van der Waals surface area (Å²) in [6.45, 7) is 7.82. The van der Waals surface area contributed by atoms with Crippen LogP contribution in [0.5, 0.6) is 0 Å². The van der Waals surface area contributed by atoms with E-state index >= 15 is 0 Å². The fraction of sp³-hybridized carbons (Fsp3) is 0.964. The maximum Gasteiger partial charge on any atom is 0.217 e. The molecule has 8 N–H and O–H groups in total. The van der Waals surface area contributed by atoms with E-state index in [1.54, 1.807) is 6.92 Å². The minimum absolute atomic E-state index is 0.239. The molecule has 0 aromatic heterocycles. The van der Waals surface area contributed by atoms with Gasteiger partial charge in [0.15, 0.2) is 31.5 Å². The molecule has 20 unspecified atom stereocenters. The molecule has 0 aliphatic carbocycles. The molecule has 20 atom stereocenters. The first-order valence-electron chi connectivity index (χ1n) is 15.6. The van der Waals surface area contributed by atoms with Gasteiger partial charge in [0, 0.05) is 13.5 Å². The zero-order chi connectivity index (χ0) is 33.6. The zero-order valence-electron chi connectivity index (χ0n) is 26.2. The number of hydrogen-bond donors (Lipinski definition) is 8. The van der Waals surface area contributed by atoms with Crippen LogP contribution in [0.2, 0.25) is 0 Å². The third-order valence-corrected chi connectivity index (χ3v) is 8.83. The average Bonchev–Trinajstić information content (AvgIpc) is 3.79. The van der Waals surface area contributed by atoms with Crippen molar-refractivity contribution in [3.8, 4) is 0 Å². The summed E-state index contributed by atoms with van der Waals surface area (Å²) in [5.41, 5.74) is 0. The van der Waals surface area contributed by atoms with Crippen molar-refractivity contribution < 1.29 is 83.2 Å². The molecule has 266 valence electrons. The van der Waals surface area contributed by atoms with Crippen molar-refractivity contribution in [2.45, 2.75) is 164 Å². The van der Waals surface area contributed by atoms with Crippen molar-refractivity contribution in [2.75, 3.05) is 6.61 Å². The molecular formula is C28H47NO17. The van der Waals surface area contributed by atoms with Crippen molar-refractivity contribution in [3.63, 3.8) is 0 Å². The SMILES string of the molecule is CCCOC1OC(C)C(O)C(O)C1OC1OC(C)C(O)C(O)C1OC1OC(C)C(O)C(OC2OC3OC3C(O)C2O)C1NC(C)=O. The molecule has 18 heteroatoms. The van der Waals surface area contributed by atoms with Crippen LogP contribution in [-0.4, -0.2) is 171 Å². The van der Waals surface area contributed by atoms with Gasteiger partial charge in [-0.15, -0.1) is 0 Å². The summed E-state index contributed by atoms with van der Waals surface area (Å²) < 4.78 is 52.1. The Bertz CT molecular complexity index is 1030. The first kappa shape index (κ1) is 36.1. The predicted octanol–water partition coefficient (Wildman–Crippen LogP) is -4.08. The smallest absolute Gasteiger partial charge is 0.217 e. The Morgan fingerprint density at radius 3 is 1.74 bits per heavy atom. The van der Waals surface area contributed by atoms with Crippen LogP contribution in [0, 0.1) is 0 Å². The lowest BCUT2D eigenvalue weighted by Crippen LogP contribution is -2.68. The van der Waals surface area contributed by atoms with Gasteiger partial charge in [-0.2, -0.15) is 0 Å². The van der Waals surface area contributed by atoms with Gasteiger partial charge in [-0.3, -0.25) is 4.79 Å². The normalized spacial score (nSPS) is 52.5. The van der Waals surface area contributed by atoms with Gasteiger partial charge >= 0.3 is 0 Å². The lowest BCUT2D eigenvalue weighted by Gasteiger charge is -2.49. The number of carbonyl (C=O) groups excluding carboxylic acids is 1. The van der Waals surface area contributed by atoms with E-state index in [-0.39, 0.29) is 6.61 Å². The summed E-state index contributed by atoms with van der Waals surface area (Å²) in [6.07, 6.45) is -23.9. The van der Waals surface area contributed by atoms with Crippen LogP contribution in [-0.2, 0) is 47.4 Å². The van der Waals surface area contributed by atoms with Gasteiger partial charge in [-0.25, -0.2) is 0 Å². The number of amides is 1. The van der Waals surface area contributed by atoms with Crippen LogP contribution in [0.25, 0.3) is 0 Å². The second-order valence-corrected chi connectivity index (χ2v) is 12.4. The van der Waals surface area contributed by atoms with E-state index in [0.29, 0.717) is 6.42 Å². The molecule has 18 nitrogen and oxygen atoms in total. The minimum atomic E-state index is -1.67. The zero-order valence-corrected chi connectivity index (χ0v) is 26.2. The van der Waals surface area contributed by atoms with Crippen LogP contribution in [0.4, 0.5) is 0 Å². The van der Waals surface area contributed by atoms with E-state index in [9.17, 15) is 40.5 Å². The topological polar surface area (TPSA) is 257 Å². The Kier molecular flexibility index (Phi) is 11.6. The molecule has 0 bridgehead atoms. The summed E-state index contributed by atoms with van der Waals surface area (Å²) in [5, 5.41) is 77.9. The predicted molar refractivity (Wildman–Crippen MR) is 147 cm³/mol. The summed E-state index contributed by atoms with van der Waals surface area (Å²) in [4.78, 5) is 12.3. The fourth-order valence-electron chi connectivity index (χ4n) is 6.06. The van der Waals surface area contributed by atoms with Crippen LogP contribution < -0.4 is 5.32 Å². The van der Waals surface area contributed by atoms with E-state index in [0.717, 1.165) is 0 Å². The van der Waals surface area contributed by atoms with Crippen molar-refractivity contribution >= 4 is 5.91 Å². The quantitative estimate of drug-likeness (QED) is 0.103. The summed E-state index contributed by atoms with van der Waals surface area (Å²) in [6, 6.07) is -1.31. The molecule has 5 saturated heterocycles. The lowest BCUT2D eigenvalue weighted by atomic mass is 9.95. The number of aliphatic hydroxyl groups excluding tert-OH is 7. The van der Waals surface area contributed by atoms with Crippen LogP contribution >= 0.6 is 0 Å². The molecule has 1 amide bonds. The number of nitrogens with one attached hydrogen (secondary N) is 1. The molecule has 46 heavy (non-hydrogen) atoms. The number of hydrogen-bond acceptors (Lipinski definition) is 17. The van der Waals surface area contributed by atoms with E-state index in [1.165, 1.54) is 20.8 Å². The number of ether oxygens (including phenoxy) is 9. The average molecular weight is 670 g/mol. The van der Waals surface area contributed by atoms with Gasteiger partial charge in [0.25, 0.3) is 0 Å². The van der Waals surface area contributed by atoms with Gasteiger partial charge < -0.3 is 83.7 Å². The van der Waals surface area contributed by atoms with Crippen LogP contribution in [0.15, 0.2) is 0 Å². The van der Waals surface area contributed by atoms with Gasteiger partial charge in [0.2, 0.25) is 5.91 Å². The van der Waals surface area contributed by atoms with Crippen LogP contribution in [0.3, 0.4) is 0 Å². The number of carbonyl (C=O) groups is 1. The highest BCUT2D eigenvalue weighted by molar-refractivity contribution is 5.73. The Balaban J connectivity index is 1.39. The van der Waals surface area contributed by atoms with Gasteiger partial charge in [-0.1, -0.05) is 6.92 Å². The first-order valence-corrected chi connectivity index (χ1v) is 15.6. The molecule has 5 aliphatic rings. The molecular weight excluding hydrogens is 622 g/mol. The molecule has 0 saturated carbocycles. The summed E-state index contributed by atoms with van der Waals surface area (Å²) in [5.74, 6) is -0.586. The number of aliphatic hydroxyl groups is 7. The van der Waals surface area contributed by atoms with Crippen molar-refractivity contribution in [3.05, 3.63) is 0 Å². The third-order valence-electron chi connectivity index (χ3n) is 8.83. The number of fused-ring (bicyclic) bond motifs is 1. The van der Waals surface area contributed by atoms with Gasteiger partial charge in [0.1, 0.15) is 73.2 Å². The molecule has 0 radical (unpaired) electrons. The molecule has 5 heterocycles. The third kappa shape index (κ3) is 7.37. The maximum absolute atomic E-state index is 12.3. The molecule has 0 aromatic carbocycles. The van der Waals surface area contributed by atoms with E-state index in [1.807, 2.05) is 6.92 Å². The first-order chi connectivity index (χ1) is 21.7. The highest BCUT2D eigenvalue weighted by atomic mass is 16.8. The van der Waals surface area contributed by atoms with Crippen molar-refractivity contribution in [1.29, 1.82) is 0 Å². The minimum Gasteiger partial charge on any atom is -0.388 e. The Morgan fingerprint density at radius 2 is 1.13 bits per heavy atom. The molecule has 5 aliphatic heterocycles. The second kappa shape index (κ2) is 14.8. The molecule has 5 rings (SSSR count). The largest absolute Gasteiger partial charge is 0.388 e. The Morgan fingerprint density at radius 1 is 0.609 bits per heavy atom. The number of rotatable bonds is 10. The van der Waals surface area contributed by atoms with Gasteiger partial charge in [0.05, 0.1) is 18.3 Å². The van der Waals surface area contributed by atoms with E-state index in [4.69, 9.17) is 42.6 Å². The second-order valence-electron chi connectivity index (χ2n) is 12.4. The number of epoxide rings is 1. The Labute approximate surface area is 265 Å². The highest BCUT2D eigenvalue weighted by Crippen LogP contribution is 2.38. The van der Waals surface area contributed by atoms with E-state index in [2.05, 4.69) is 5.32 Å². The standard InChI is InChI=1S/C28H47NO17/c1-6-7-38-26-21(16(34)13(31)8(2)40-26)44-27-22(17(35)14(32)9(3)41-27)43-24-12(29-11(5)30)20(15(33)10(4)39-24)42-25-19(37)18(36)23-28(45-23)46-25/h8-10,12-28,31-37H,6-7H2,1-5H3,(H,29,30). The maximum atomic E-state index is 12.3. The molecule has 5 fully saturated rings. The lowest BCUT2D eigenvalue weighted by molar-refractivity contribution is -0.386. The van der Waals surface area contributed by atoms with Crippen molar-refractivity contribution in [1.82, 2.24) is 5.32 Å².